The minimum atomic E-state index is -0.476. The molecule has 0 saturated carbocycles. The summed E-state index contributed by atoms with van der Waals surface area (Å²) in [6, 6.07) is 13.2. The standard InChI is InChI=1S/C25H29F2N3O2/c1-2-29(18-19-8-7-9-20(26)16-19)14-5-3-4-6-15-30-25(32)13-11-23(28-30)22-17-21(27)10-12-24(22)31/h7-13,16-17,31H,2-6,14-15,18H2,1H3. The molecule has 0 saturated heterocycles. The summed E-state index contributed by atoms with van der Waals surface area (Å²) < 4.78 is 28.3. The molecule has 0 bridgehead atoms. The zero-order valence-electron chi connectivity index (χ0n) is 18.3. The molecular weight excluding hydrogens is 412 g/mol. The fraction of sp³-hybridized carbons (Fsp3) is 0.360. The number of hydrogen-bond acceptors (Lipinski definition) is 4. The summed E-state index contributed by atoms with van der Waals surface area (Å²) in [5.41, 5.74) is 1.37. The van der Waals surface area contributed by atoms with Crippen molar-refractivity contribution < 1.29 is 13.9 Å². The first kappa shape index (κ1) is 23.6. The van der Waals surface area contributed by atoms with E-state index in [1.807, 2.05) is 6.07 Å². The zero-order chi connectivity index (χ0) is 22.9. The number of nitrogens with zero attached hydrogens (tertiary/aromatic N) is 3. The number of aromatic hydroxyl groups is 1. The molecule has 0 aliphatic carbocycles. The highest BCUT2D eigenvalue weighted by Crippen LogP contribution is 2.27. The van der Waals surface area contributed by atoms with E-state index in [0.29, 0.717) is 12.2 Å². The highest BCUT2D eigenvalue weighted by Gasteiger charge is 2.10. The van der Waals surface area contributed by atoms with Crippen molar-refractivity contribution in [3.05, 3.63) is 82.1 Å². The fourth-order valence-electron chi connectivity index (χ4n) is 3.66. The molecule has 0 aliphatic rings. The van der Waals surface area contributed by atoms with Crippen molar-refractivity contribution in [2.24, 2.45) is 0 Å². The van der Waals surface area contributed by atoms with Crippen LogP contribution in [0.3, 0.4) is 0 Å². The average molecular weight is 442 g/mol. The van der Waals surface area contributed by atoms with E-state index in [-0.39, 0.29) is 22.7 Å². The van der Waals surface area contributed by atoms with Gasteiger partial charge in [0.25, 0.3) is 5.56 Å². The van der Waals surface area contributed by atoms with Gasteiger partial charge in [0.1, 0.15) is 17.4 Å². The van der Waals surface area contributed by atoms with Crippen molar-refractivity contribution in [2.45, 2.75) is 45.7 Å². The summed E-state index contributed by atoms with van der Waals surface area (Å²) in [6.45, 7) is 5.12. The Morgan fingerprint density at radius 3 is 2.53 bits per heavy atom. The first-order valence-electron chi connectivity index (χ1n) is 11.0. The van der Waals surface area contributed by atoms with Gasteiger partial charge in [-0.05, 0) is 67.9 Å². The number of benzene rings is 2. The number of aromatic nitrogens is 2. The molecule has 170 valence electrons. The quantitative estimate of drug-likeness (QED) is 0.427. The predicted molar refractivity (Wildman–Crippen MR) is 121 cm³/mol. The molecule has 32 heavy (non-hydrogen) atoms. The van der Waals surface area contributed by atoms with Crippen molar-refractivity contribution in [3.8, 4) is 17.0 Å². The lowest BCUT2D eigenvalue weighted by Crippen LogP contribution is -2.24. The maximum atomic E-state index is 13.5. The largest absolute Gasteiger partial charge is 0.507 e. The normalized spacial score (nSPS) is 11.2. The van der Waals surface area contributed by atoms with Crippen LogP contribution in [0.2, 0.25) is 0 Å². The molecule has 1 N–H and O–H groups in total. The predicted octanol–water partition coefficient (Wildman–Crippen LogP) is 4.98. The van der Waals surface area contributed by atoms with Crippen LogP contribution in [0.15, 0.2) is 59.4 Å². The van der Waals surface area contributed by atoms with Crippen LogP contribution >= 0.6 is 0 Å². The molecule has 0 fully saturated rings. The molecule has 0 radical (unpaired) electrons. The van der Waals surface area contributed by atoms with Crippen molar-refractivity contribution in [2.75, 3.05) is 13.1 Å². The Kier molecular flexibility index (Phi) is 8.50. The Labute approximate surface area is 186 Å². The van der Waals surface area contributed by atoms with Crippen LogP contribution in [0.1, 0.15) is 38.2 Å². The van der Waals surface area contributed by atoms with Gasteiger partial charge in [0, 0.05) is 24.7 Å². The third kappa shape index (κ3) is 6.72. The van der Waals surface area contributed by atoms with E-state index in [9.17, 15) is 18.7 Å². The molecule has 3 aromatic rings. The summed E-state index contributed by atoms with van der Waals surface area (Å²) >= 11 is 0. The van der Waals surface area contributed by atoms with Crippen molar-refractivity contribution >= 4 is 0 Å². The minimum absolute atomic E-state index is 0.0807. The van der Waals surface area contributed by atoms with Gasteiger partial charge < -0.3 is 5.11 Å². The second-order valence-corrected chi connectivity index (χ2v) is 7.85. The van der Waals surface area contributed by atoms with Gasteiger partial charge in [0.15, 0.2) is 0 Å². The second kappa shape index (κ2) is 11.5. The summed E-state index contributed by atoms with van der Waals surface area (Å²) in [5, 5.41) is 14.3. The van der Waals surface area contributed by atoms with Gasteiger partial charge in [-0.1, -0.05) is 31.9 Å². The molecule has 5 nitrogen and oxygen atoms in total. The molecule has 3 rings (SSSR count). The van der Waals surface area contributed by atoms with Crippen LogP contribution in [0.25, 0.3) is 11.3 Å². The summed E-state index contributed by atoms with van der Waals surface area (Å²) in [5.74, 6) is -0.766. The number of halogens is 2. The molecule has 0 spiro atoms. The monoisotopic (exact) mass is 441 g/mol. The Hall–Kier alpha value is -3.06. The van der Waals surface area contributed by atoms with Crippen molar-refractivity contribution in [1.29, 1.82) is 0 Å². The van der Waals surface area contributed by atoms with E-state index in [0.717, 1.165) is 50.9 Å². The molecule has 2 aromatic carbocycles. The average Bonchev–Trinajstić information content (AvgIpc) is 2.78. The van der Waals surface area contributed by atoms with Crippen LogP contribution in [0.5, 0.6) is 5.75 Å². The second-order valence-electron chi connectivity index (χ2n) is 7.85. The number of aryl methyl sites for hydroxylation is 1. The van der Waals surface area contributed by atoms with Crippen LogP contribution in [-0.4, -0.2) is 32.9 Å². The van der Waals surface area contributed by atoms with Crippen LogP contribution in [0, 0.1) is 11.6 Å². The van der Waals surface area contributed by atoms with Crippen LogP contribution < -0.4 is 5.56 Å². The summed E-state index contributed by atoms with van der Waals surface area (Å²) in [6.07, 6.45) is 3.77. The Bertz CT molecular complexity index is 1080. The van der Waals surface area contributed by atoms with Crippen molar-refractivity contribution in [3.63, 3.8) is 0 Å². The number of phenolic OH excluding ortho intramolecular Hbond substituents is 1. The smallest absolute Gasteiger partial charge is 0.266 e. The molecule has 0 atom stereocenters. The zero-order valence-corrected chi connectivity index (χ0v) is 18.3. The highest BCUT2D eigenvalue weighted by molar-refractivity contribution is 5.66. The molecule has 1 aromatic heterocycles. The lowest BCUT2D eigenvalue weighted by molar-refractivity contribution is 0.271. The Morgan fingerprint density at radius 1 is 0.969 bits per heavy atom. The highest BCUT2D eigenvalue weighted by atomic mass is 19.1. The van der Waals surface area contributed by atoms with E-state index < -0.39 is 5.82 Å². The SMILES string of the molecule is CCN(CCCCCCn1nc(-c2cc(F)ccc2O)ccc1=O)Cc1cccc(F)c1. The van der Waals surface area contributed by atoms with Crippen LogP contribution in [0.4, 0.5) is 8.78 Å². The van der Waals surface area contributed by atoms with Gasteiger partial charge in [-0.2, -0.15) is 5.10 Å². The molecule has 0 amide bonds. The third-order valence-corrected chi connectivity index (χ3v) is 5.44. The van der Waals surface area contributed by atoms with Crippen molar-refractivity contribution in [1.82, 2.24) is 14.7 Å². The van der Waals surface area contributed by atoms with Crippen LogP contribution in [-0.2, 0) is 13.1 Å². The van der Waals surface area contributed by atoms with Gasteiger partial charge in [-0.15, -0.1) is 0 Å². The topological polar surface area (TPSA) is 58.4 Å². The first-order chi connectivity index (χ1) is 15.5. The maximum Gasteiger partial charge on any atom is 0.266 e. The maximum absolute atomic E-state index is 13.5. The van der Waals surface area contributed by atoms with Gasteiger partial charge in [-0.25, -0.2) is 13.5 Å². The number of unbranched alkanes of at least 4 members (excludes halogenated alkanes) is 3. The molecule has 0 unspecified atom stereocenters. The van der Waals surface area contributed by atoms with E-state index >= 15 is 0 Å². The molecular formula is C25H29F2N3O2. The molecule has 0 aliphatic heterocycles. The number of phenols is 1. The third-order valence-electron chi connectivity index (χ3n) is 5.44. The fourth-order valence-corrected chi connectivity index (χ4v) is 3.66. The first-order valence-corrected chi connectivity index (χ1v) is 11.0. The van der Waals surface area contributed by atoms with E-state index in [2.05, 4.69) is 16.9 Å². The van der Waals surface area contributed by atoms with Gasteiger partial charge in [-0.3, -0.25) is 9.69 Å². The van der Waals surface area contributed by atoms with E-state index in [4.69, 9.17) is 0 Å². The number of hydrogen-bond donors (Lipinski definition) is 1. The van der Waals surface area contributed by atoms with Gasteiger partial charge in [0.2, 0.25) is 0 Å². The minimum Gasteiger partial charge on any atom is -0.507 e. The summed E-state index contributed by atoms with van der Waals surface area (Å²) in [7, 11) is 0. The Balaban J connectivity index is 1.46. The Morgan fingerprint density at radius 2 is 1.75 bits per heavy atom. The summed E-state index contributed by atoms with van der Waals surface area (Å²) in [4.78, 5) is 14.4. The molecule has 1 heterocycles. The van der Waals surface area contributed by atoms with Gasteiger partial charge in [0.05, 0.1) is 5.69 Å². The number of rotatable bonds is 11. The lowest BCUT2D eigenvalue weighted by atomic mass is 10.1. The van der Waals surface area contributed by atoms with Gasteiger partial charge >= 0.3 is 0 Å². The van der Waals surface area contributed by atoms with E-state index in [1.54, 1.807) is 12.1 Å². The molecule has 7 heteroatoms. The van der Waals surface area contributed by atoms with E-state index in [1.165, 1.54) is 41.1 Å². The lowest BCUT2D eigenvalue weighted by Gasteiger charge is -2.20.